The number of rotatable bonds is 4. The predicted octanol–water partition coefficient (Wildman–Crippen LogP) is 2.54. The van der Waals surface area contributed by atoms with Gasteiger partial charge in [0, 0.05) is 24.1 Å². The van der Waals surface area contributed by atoms with Crippen molar-refractivity contribution in [1.82, 2.24) is 20.3 Å². The number of aryl methyl sites for hydroxylation is 2. The third-order valence-corrected chi connectivity index (χ3v) is 3.75. The van der Waals surface area contributed by atoms with E-state index in [4.69, 9.17) is 0 Å². The maximum atomic E-state index is 4.61. The summed E-state index contributed by atoms with van der Waals surface area (Å²) in [5.41, 5.74) is 5.18. The van der Waals surface area contributed by atoms with Crippen LogP contribution in [0.3, 0.4) is 0 Å². The van der Waals surface area contributed by atoms with Gasteiger partial charge in [-0.15, -0.1) is 11.3 Å². The first-order chi connectivity index (χ1) is 8.63. The molecule has 2 heterocycles. The minimum atomic E-state index is 0.422. The highest BCUT2D eigenvalue weighted by atomic mass is 32.1. The van der Waals surface area contributed by atoms with E-state index in [9.17, 15) is 0 Å². The fourth-order valence-electron chi connectivity index (χ4n) is 2.28. The molecule has 0 radical (unpaired) electrons. The van der Waals surface area contributed by atoms with Gasteiger partial charge in [0.2, 0.25) is 0 Å². The molecule has 0 aliphatic carbocycles. The molecule has 0 spiro atoms. The molecule has 4 nitrogen and oxygen atoms in total. The van der Waals surface area contributed by atoms with Crippen LogP contribution in [0, 0.1) is 13.8 Å². The molecular weight excluding hydrogens is 244 g/mol. The molecule has 18 heavy (non-hydrogen) atoms. The standard InChI is InChI=1S/C13H18N4S/c1-8(5-14-4)12-9(2)16-13(17-10(12)3)11-6-15-7-18-11/h6-8,14H,5H2,1-4H3. The Morgan fingerprint density at radius 3 is 2.44 bits per heavy atom. The van der Waals surface area contributed by atoms with Crippen molar-refractivity contribution in [3.63, 3.8) is 0 Å². The van der Waals surface area contributed by atoms with Crippen LogP contribution < -0.4 is 5.32 Å². The van der Waals surface area contributed by atoms with Gasteiger partial charge in [0.05, 0.1) is 10.4 Å². The van der Waals surface area contributed by atoms with Crippen molar-refractivity contribution >= 4 is 11.3 Å². The topological polar surface area (TPSA) is 50.7 Å². The molecule has 0 aliphatic heterocycles. The Balaban J connectivity index is 2.41. The molecule has 1 N–H and O–H groups in total. The van der Waals surface area contributed by atoms with Crippen LogP contribution in [-0.4, -0.2) is 28.5 Å². The highest BCUT2D eigenvalue weighted by Gasteiger charge is 2.15. The monoisotopic (exact) mass is 262 g/mol. The summed E-state index contributed by atoms with van der Waals surface area (Å²) in [6.45, 7) is 7.24. The van der Waals surface area contributed by atoms with E-state index in [1.54, 1.807) is 16.8 Å². The van der Waals surface area contributed by atoms with Crippen molar-refractivity contribution < 1.29 is 0 Å². The number of aromatic nitrogens is 3. The Hall–Kier alpha value is -1.33. The third kappa shape index (κ3) is 2.57. The van der Waals surface area contributed by atoms with E-state index in [1.807, 2.05) is 13.2 Å². The maximum absolute atomic E-state index is 4.61. The molecule has 0 amide bonds. The van der Waals surface area contributed by atoms with E-state index >= 15 is 0 Å². The van der Waals surface area contributed by atoms with E-state index in [1.165, 1.54) is 5.56 Å². The molecule has 1 atom stereocenters. The number of thiazole rings is 1. The first-order valence-corrected chi connectivity index (χ1v) is 6.90. The molecule has 2 aromatic heterocycles. The fourth-order valence-corrected chi connectivity index (χ4v) is 2.84. The van der Waals surface area contributed by atoms with Crippen molar-refractivity contribution in [1.29, 1.82) is 0 Å². The van der Waals surface area contributed by atoms with Gasteiger partial charge in [-0.05, 0) is 32.4 Å². The average molecular weight is 262 g/mol. The number of hydrogen-bond acceptors (Lipinski definition) is 5. The number of nitrogens with one attached hydrogen (secondary N) is 1. The lowest BCUT2D eigenvalue weighted by atomic mass is 9.98. The number of likely N-dealkylation sites (N-methyl/N-ethyl adjacent to an activating group) is 1. The fraction of sp³-hybridized carbons (Fsp3) is 0.462. The Labute approximate surface area is 112 Å². The Morgan fingerprint density at radius 2 is 1.94 bits per heavy atom. The summed E-state index contributed by atoms with van der Waals surface area (Å²) < 4.78 is 0. The zero-order valence-corrected chi connectivity index (χ0v) is 12.0. The molecule has 0 bridgehead atoms. The number of hydrogen-bond donors (Lipinski definition) is 1. The van der Waals surface area contributed by atoms with E-state index in [0.29, 0.717) is 5.92 Å². The molecule has 5 heteroatoms. The van der Waals surface area contributed by atoms with Crippen LogP contribution >= 0.6 is 11.3 Å². The van der Waals surface area contributed by atoms with Crippen molar-refractivity contribution in [3.8, 4) is 10.7 Å². The highest BCUT2D eigenvalue weighted by molar-refractivity contribution is 7.13. The zero-order chi connectivity index (χ0) is 13.1. The van der Waals surface area contributed by atoms with Crippen LogP contribution in [0.5, 0.6) is 0 Å². The van der Waals surface area contributed by atoms with Crippen LogP contribution in [0.2, 0.25) is 0 Å². The van der Waals surface area contributed by atoms with Crippen LogP contribution in [0.25, 0.3) is 10.7 Å². The van der Waals surface area contributed by atoms with Crippen molar-refractivity contribution in [2.45, 2.75) is 26.7 Å². The van der Waals surface area contributed by atoms with Crippen LogP contribution in [0.1, 0.15) is 29.8 Å². The van der Waals surface area contributed by atoms with Crippen LogP contribution in [0.4, 0.5) is 0 Å². The van der Waals surface area contributed by atoms with Gasteiger partial charge in [0.25, 0.3) is 0 Å². The molecule has 0 fully saturated rings. The van der Waals surface area contributed by atoms with Gasteiger partial charge < -0.3 is 5.32 Å². The van der Waals surface area contributed by atoms with Crippen molar-refractivity contribution in [2.24, 2.45) is 0 Å². The van der Waals surface area contributed by atoms with Gasteiger partial charge in [0.1, 0.15) is 0 Å². The van der Waals surface area contributed by atoms with Gasteiger partial charge in [-0.1, -0.05) is 6.92 Å². The normalized spacial score (nSPS) is 12.7. The Bertz CT molecular complexity index is 499. The maximum Gasteiger partial charge on any atom is 0.171 e. The van der Waals surface area contributed by atoms with E-state index < -0.39 is 0 Å². The van der Waals surface area contributed by atoms with E-state index in [2.05, 4.69) is 41.0 Å². The summed E-state index contributed by atoms with van der Waals surface area (Å²) >= 11 is 1.57. The Morgan fingerprint density at radius 1 is 1.28 bits per heavy atom. The first kappa shape index (κ1) is 13.1. The van der Waals surface area contributed by atoms with Crippen molar-refractivity contribution in [3.05, 3.63) is 28.7 Å². The lowest BCUT2D eigenvalue weighted by molar-refractivity contribution is 0.663. The molecule has 2 aromatic rings. The first-order valence-electron chi connectivity index (χ1n) is 6.02. The second-order valence-electron chi connectivity index (χ2n) is 4.46. The smallest absolute Gasteiger partial charge is 0.171 e. The highest BCUT2D eigenvalue weighted by Crippen LogP contribution is 2.25. The summed E-state index contributed by atoms with van der Waals surface area (Å²) in [6.07, 6.45) is 1.82. The van der Waals surface area contributed by atoms with Gasteiger partial charge in [-0.25, -0.2) is 9.97 Å². The molecule has 96 valence electrons. The molecule has 2 rings (SSSR count). The summed E-state index contributed by atoms with van der Waals surface area (Å²) in [6, 6.07) is 0. The second kappa shape index (κ2) is 5.54. The van der Waals surface area contributed by atoms with Gasteiger partial charge in [-0.2, -0.15) is 0 Å². The predicted molar refractivity (Wildman–Crippen MR) is 75.0 cm³/mol. The minimum Gasteiger partial charge on any atom is -0.319 e. The summed E-state index contributed by atoms with van der Waals surface area (Å²) in [4.78, 5) is 14.3. The zero-order valence-electron chi connectivity index (χ0n) is 11.2. The van der Waals surface area contributed by atoms with Gasteiger partial charge >= 0.3 is 0 Å². The van der Waals surface area contributed by atoms with Crippen molar-refractivity contribution in [2.75, 3.05) is 13.6 Å². The SMILES string of the molecule is CNCC(C)c1c(C)nc(-c2cncs2)nc1C. The summed E-state index contributed by atoms with van der Waals surface area (Å²) in [5, 5.41) is 3.20. The molecule has 1 unspecified atom stereocenters. The average Bonchev–Trinajstić information content (AvgIpc) is 2.81. The molecule has 0 saturated heterocycles. The largest absolute Gasteiger partial charge is 0.319 e. The lowest BCUT2D eigenvalue weighted by Gasteiger charge is -2.16. The van der Waals surface area contributed by atoms with Crippen LogP contribution in [0.15, 0.2) is 11.7 Å². The third-order valence-electron chi connectivity index (χ3n) is 2.98. The lowest BCUT2D eigenvalue weighted by Crippen LogP contribution is -2.17. The van der Waals surface area contributed by atoms with Gasteiger partial charge in [-0.3, -0.25) is 4.98 Å². The Kier molecular flexibility index (Phi) is 4.04. The van der Waals surface area contributed by atoms with E-state index in [-0.39, 0.29) is 0 Å². The summed E-state index contributed by atoms with van der Waals surface area (Å²) in [7, 11) is 1.97. The summed E-state index contributed by atoms with van der Waals surface area (Å²) in [5.74, 6) is 1.21. The number of nitrogens with zero attached hydrogens (tertiary/aromatic N) is 3. The molecule has 0 saturated carbocycles. The second-order valence-corrected chi connectivity index (χ2v) is 5.34. The quantitative estimate of drug-likeness (QED) is 0.920. The molecular formula is C13H18N4S. The van der Waals surface area contributed by atoms with Gasteiger partial charge in [0.15, 0.2) is 5.82 Å². The van der Waals surface area contributed by atoms with Crippen LogP contribution in [-0.2, 0) is 0 Å². The minimum absolute atomic E-state index is 0.422. The molecule has 0 aliphatic rings. The van der Waals surface area contributed by atoms with E-state index in [0.717, 1.165) is 28.6 Å². The molecule has 0 aromatic carbocycles.